The molecular weight excluding hydrogens is 196 g/mol. The smallest absolute Gasteiger partial charge is 0.126 e. The minimum atomic E-state index is -0.414. The molecular formula is C12H17F2N. The van der Waals surface area contributed by atoms with Crippen LogP contribution in [0.15, 0.2) is 18.2 Å². The van der Waals surface area contributed by atoms with Gasteiger partial charge in [-0.2, -0.15) is 0 Å². The molecule has 0 spiro atoms. The summed E-state index contributed by atoms with van der Waals surface area (Å²) in [6.45, 7) is 4.11. The molecule has 0 fully saturated rings. The molecule has 0 aliphatic rings. The van der Waals surface area contributed by atoms with E-state index in [0.717, 1.165) is 18.6 Å². The molecule has 0 heterocycles. The quantitative estimate of drug-likeness (QED) is 0.817. The Morgan fingerprint density at radius 3 is 2.53 bits per heavy atom. The Morgan fingerprint density at radius 1 is 1.27 bits per heavy atom. The van der Waals surface area contributed by atoms with Crippen LogP contribution in [0.1, 0.15) is 25.8 Å². The Hall–Kier alpha value is -0.960. The van der Waals surface area contributed by atoms with E-state index in [1.165, 1.54) is 6.07 Å². The first-order valence-electron chi connectivity index (χ1n) is 5.18. The van der Waals surface area contributed by atoms with Crippen LogP contribution in [0.3, 0.4) is 0 Å². The summed E-state index contributed by atoms with van der Waals surface area (Å²) in [4.78, 5) is 0. The largest absolute Gasteiger partial charge is 0.327 e. The van der Waals surface area contributed by atoms with E-state index in [1.54, 1.807) is 0 Å². The molecule has 0 radical (unpaired) electrons. The number of nitrogens with two attached hydrogens (primary N) is 1. The third-order valence-electron chi connectivity index (χ3n) is 2.26. The standard InChI is InChI=1S/C12H17F2N/c1-8(2)5-11(15)7-9-6-10(13)3-4-12(9)14/h3-4,6,8,11H,5,7,15H2,1-2H3. The van der Waals surface area contributed by atoms with E-state index >= 15 is 0 Å². The molecule has 0 aliphatic heterocycles. The van der Waals surface area contributed by atoms with Gasteiger partial charge in [-0.05, 0) is 42.5 Å². The van der Waals surface area contributed by atoms with Gasteiger partial charge in [-0.25, -0.2) is 8.78 Å². The minimum Gasteiger partial charge on any atom is -0.327 e. The predicted molar refractivity (Wildman–Crippen MR) is 57.5 cm³/mol. The van der Waals surface area contributed by atoms with Gasteiger partial charge < -0.3 is 5.73 Å². The monoisotopic (exact) mass is 213 g/mol. The molecule has 0 saturated heterocycles. The third-order valence-corrected chi connectivity index (χ3v) is 2.26. The maximum absolute atomic E-state index is 13.2. The fourth-order valence-electron chi connectivity index (χ4n) is 1.67. The Labute approximate surface area is 89.3 Å². The highest BCUT2D eigenvalue weighted by molar-refractivity contribution is 5.19. The lowest BCUT2D eigenvalue weighted by Crippen LogP contribution is -2.25. The second kappa shape index (κ2) is 5.21. The van der Waals surface area contributed by atoms with Crippen LogP contribution in [0.2, 0.25) is 0 Å². The van der Waals surface area contributed by atoms with Gasteiger partial charge in [0.2, 0.25) is 0 Å². The van der Waals surface area contributed by atoms with Crippen LogP contribution >= 0.6 is 0 Å². The van der Waals surface area contributed by atoms with Gasteiger partial charge in [-0.15, -0.1) is 0 Å². The van der Waals surface area contributed by atoms with E-state index in [2.05, 4.69) is 13.8 Å². The minimum absolute atomic E-state index is 0.110. The van der Waals surface area contributed by atoms with Crippen molar-refractivity contribution in [2.24, 2.45) is 11.7 Å². The van der Waals surface area contributed by atoms with Crippen molar-refractivity contribution in [1.29, 1.82) is 0 Å². The van der Waals surface area contributed by atoms with Crippen molar-refractivity contribution in [1.82, 2.24) is 0 Å². The number of hydrogen-bond acceptors (Lipinski definition) is 1. The van der Waals surface area contributed by atoms with Crippen molar-refractivity contribution in [3.8, 4) is 0 Å². The summed E-state index contributed by atoms with van der Waals surface area (Å²) in [5.41, 5.74) is 6.20. The van der Waals surface area contributed by atoms with E-state index in [-0.39, 0.29) is 11.9 Å². The topological polar surface area (TPSA) is 26.0 Å². The molecule has 0 bridgehead atoms. The summed E-state index contributed by atoms with van der Waals surface area (Å²) in [6, 6.07) is 3.37. The molecule has 0 aromatic heterocycles. The highest BCUT2D eigenvalue weighted by Gasteiger charge is 2.10. The summed E-state index contributed by atoms with van der Waals surface area (Å²) in [5.74, 6) is -0.324. The normalized spacial score (nSPS) is 13.2. The summed E-state index contributed by atoms with van der Waals surface area (Å²) < 4.78 is 26.1. The molecule has 1 nitrogen and oxygen atoms in total. The predicted octanol–water partition coefficient (Wildman–Crippen LogP) is 2.88. The maximum Gasteiger partial charge on any atom is 0.126 e. The van der Waals surface area contributed by atoms with Crippen LogP contribution in [-0.2, 0) is 6.42 Å². The van der Waals surface area contributed by atoms with E-state index in [1.807, 2.05) is 0 Å². The number of halogens is 2. The van der Waals surface area contributed by atoms with E-state index in [9.17, 15) is 8.78 Å². The fraction of sp³-hybridized carbons (Fsp3) is 0.500. The van der Waals surface area contributed by atoms with Gasteiger partial charge in [0.05, 0.1) is 0 Å². The van der Waals surface area contributed by atoms with E-state index in [4.69, 9.17) is 5.73 Å². The lowest BCUT2D eigenvalue weighted by atomic mass is 9.98. The third kappa shape index (κ3) is 3.96. The second-order valence-electron chi connectivity index (χ2n) is 4.33. The van der Waals surface area contributed by atoms with Crippen molar-refractivity contribution in [3.63, 3.8) is 0 Å². The zero-order valence-corrected chi connectivity index (χ0v) is 9.13. The van der Waals surface area contributed by atoms with Crippen LogP contribution < -0.4 is 5.73 Å². The van der Waals surface area contributed by atoms with Crippen molar-refractivity contribution >= 4 is 0 Å². The number of rotatable bonds is 4. The van der Waals surface area contributed by atoms with Crippen molar-refractivity contribution in [2.45, 2.75) is 32.7 Å². The van der Waals surface area contributed by atoms with Crippen molar-refractivity contribution in [2.75, 3.05) is 0 Å². The van der Waals surface area contributed by atoms with Crippen molar-refractivity contribution in [3.05, 3.63) is 35.4 Å². The molecule has 3 heteroatoms. The Morgan fingerprint density at radius 2 is 1.93 bits per heavy atom. The lowest BCUT2D eigenvalue weighted by Gasteiger charge is -2.14. The average molecular weight is 213 g/mol. The highest BCUT2D eigenvalue weighted by Crippen LogP contribution is 2.14. The molecule has 1 aromatic carbocycles. The van der Waals surface area contributed by atoms with Gasteiger partial charge in [0.15, 0.2) is 0 Å². The number of benzene rings is 1. The summed E-state index contributed by atoms with van der Waals surface area (Å²) in [5, 5.41) is 0. The molecule has 84 valence electrons. The van der Waals surface area contributed by atoms with Gasteiger partial charge in [0.25, 0.3) is 0 Å². The second-order valence-corrected chi connectivity index (χ2v) is 4.33. The van der Waals surface area contributed by atoms with Crippen LogP contribution in [0.5, 0.6) is 0 Å². The Balaban J connectivity index is 2.67. The molecule has 0 aliphatic carbocycles. The zero-order chi connectivity index (χ0) is 11.4. The fourth-order valence-corrected chi connectivity index (χ4v) is 1.67. The van der Waals surface area contributed by atoms with Gasteiger partial charge in [0.1, 0.15) is 11.6 Å². The summed E-state index contributed by atoms with van der Waals surface area (Å²) in [7, 11) is 0. The van der Waals surface area contributed by atoms with Crippen LogP contribution in [0, 0.1) is 17.6 Å². The number of hydrogen-bond donors (Lipinski definition) is 1. The Kier molecular flexibility index (Phi) is 4.21. The first-order valence-corrected chi connectivity index (χ1v) is 5.18. The summed E-state index contributed by atoms with van der Waals surface area (Å²) in [6.07, 6.45) is 1.21. The maximum atomic E-state index is 13.2. The van der Waals surface area contributed by atoms with Crippen LogP contribution in [0.4, 0.5) is 8.78 Å². The van der Waals surface area contributed by atoms with E-state index in [0.29, 0.717) is 17.9 Å². The van der Waals surface area contributed by atoms with Crippen LogP contribution in [0.25, 0.3) is 0 Å². The first-order chi connectivity index (χ1) is 6.99. The molecule has 1 rings (SSSR count). The van der Waals surface area contributed by atoms with Gasteiger partial charge in [-0.1, -0.05) is 13.8 Å². The molecule has 15 heavy (non-hydrogen) atoms. The molecule has 0 saturated carbocycles. The molecule has 0 amide bonds. The SMILES string of the molecule is CC(C)CC(N)Cc1cc(F)ccc1F. The molecule has 1 atom stereocenters. The molecule has 1 aromatic rings. The van der Waals surface area contributed by atoms with Gasteiger partial charge >= 0.3 is 0 Å². The van der Waals surface area contributed by atoms with Crippen molar-refractivity contribution < 1.29 is 8.78 Å². The zero-order valence-electron chi connectivity index (χ0n) is 9.13. The first kappa shape index (κ1) is 12.1. The molecule has 1 unspecified atom stereocenters. The van der Waals surface area contributed by atoms with Gasteiger partial charge in [0, 0.05) is 6.04 Å². The van der Waals surface area contributed by atoms with Gasteiger partial charge in [-0.3, -0.25) is 0 Å². The molecule has 2 N–H and O–H groups in total. The average Bonchev–Trinajstić information content (AvgIpc) is 2.10. The lowest BCUT2D eigenvalue weighted by molar-refractivity contribution is 0.483. The Bertz CT molecular complexity index is 323. The van der Waals surface area contributed by atoms with Crippen LogP contribution in [-0.4, -0.2) is 6.04 Å². The summed E-state index contributed by atoms with van der Waals surface area (Å²) >= 11 is 0. The highest BCUT2D eigenvalue weighted by atomic mass is 19.1. The van der Waals surface area contributed by atoms with E-state index < -0.39 is 5.82 Å².